The first-order valence-electron chi connectivity index (χ1n) is 46.3. The molecule has 12 aromatic rings. The first-order valence-corrected chi connectivity index (χ1v) is 46.3. The Hall–Kier alpha value is -14.0. The number of rotatable bonds is 26. The van der Waals surface area contributed by atoms with Crippen LogP contribution in [0.2, 0.25) is 0 Å². The van der Waals surface area contributed by atoms with Crippen LogP contribution in [0, 0.1) is 5.41 Å². The van der Waals surface area contributed by atoms with Gasteiger partial charge in [-0.3, -0.25) is 14.4 Å². The molecule has 7 aromatic carbocycles. The molecule has 18 N–H and O–H groups in total. The van der Waals surface area contributed by atoms with Crippen LogP contribution in [0.15, 0.2) is 213 Å². The van der Waals surface area contributed by atoms with Gasteiger partial charge in [-0.2, -0.15) is 0 Å². The summed E-state index contributed by atoms with van der Waals surface area (Å²) in [6, 6.07) is 57.6. The van der Waals surface area contributed by atoms with E-state index in [1.807, 2.05) is 218 Å². The van der Waals surface area contributed by atoms with E-state index in [0.717, 1.165) is 105 Å². The number of hydrogen-bond donors (Lipinski definition) is 16. The third-order valence-electron chi connectivity index (χ3n) is 19.5. The molecule has 39 heteroatoms. The quantitative estimate of drug-likeness (QED) is 0.00455. The molecule has 0 bridgehead atoms. The molecule has 5 amide bonds. The zero-order chi connectivity index (χ0) is 108. The number of aliphatic hydroxyl groups excluding tert-OH is 1. The number of aldehydes is 1. The van der Waals surface area contributed by atoms with Crippen molar-refractivity contribution in [2.75, 3.05) is 26.8 Å². The van der Waals surface area contributed by atoms with E-state index in [1.165, 1.54) is 42.8 Å². The van der Waals surface area contributed by atoms with Crippen LogP contribution in [0.1, 0.15) is 192 Å². The number of nitrogens with two attached hydrogens (primary N) is 2. The molecule has 0 saturated carbocycles. The van der Waals surface area contributed by atoms with E-state index in [2.05, 4.69) is 114 Å². The second-order valence-electron chi connectivity index (χ2n) is 38.2. The molecule has 5 atom stereocenters. The van der Waals surface area contributed by atoms with Gasteiger partial charge in [0.15, 0.2) is 5.41 Å². The topological polar surface area (TPSA) is 552 Å². The number of benzene rings is 7. The number of fused-ring (bicyclic) bond motifs is 5. The number of aromatic amines is 5. The van der Waals surface area contributed by atoms with Gasteiger partial charge in [-0.1, -0.05) is 167 Å². The summed E-state index contributed by atoms with van der Waals surface area (Å²) < 4.78 is 34.1. The zero-order valence-corrected chi connectivity index (χ0v) is 88.9. The number of nitrogens with one attached hydrogen (secondary N) is 11. The van der Waals surface area contributed by atoms with Crippen molar-refractivity contribution in [3.05, 3.63) is 252 Å². The number of methoxy groups -OCH3 is 1. The number of carboxylic acids is 2. The fourth-order valence-corrected chi connectivity index (χ4v) is 13.0. The van der Waals surface area contributed by atoms with E-state index < -0.39 is 106 Å². The van der Waals surface area contributed by atoms with Gasteiger partial charge in [0.05, 0.1) is 25.8 Å². The molecule has 5 aromatic heterocycles. The molecule has 5 heterocycles. The summed E-state index contributed by atoms with van der Waals surface area (Å²) in [5.41, 5.74) is 19.6. The minimum absolute atomic E-state index is 0. The maximum Gasteiger partial charge on any atom is 1.00 e. The Labute approximate surface area is 884 Å². The van der Waals surface area contributed by atoms with Crippen LogP contribution >= 0.6 is 0 Å². The molecule has 0 aliphatic heterocycles. The summed E-state index contributed by atoms with van der Waals surface area (Å²) in [6.07, 6.45) is 10.1. The summed E-state index contributed by atoms with van der Waals surface area (Å²) in [5, 5.41) is 49.6. The summed E-state index contributed by atoms with van der Waals surface area (Å²) >= 11 is 0. The molecule has 0 spiro atoms. The summed E-state index contributed by atoms with van der Waals surface area (Å²) in [5.74, 6) is -4.76. The summed E-state index contributed by atoms with van der Waals surface area (Å²) in [4.78, 5) is 156. The molecule has 0 aliphatic rings. The van der Waals surface area contributed by atoms with Gasteiger partial charge in [-0.15, -0.1) is 0 Å². The number of alkyl carbamates (subject to hydrolysis) is 5. The van der Waals surface area contributed by atoms with Gasteiger partial charge < -0.3 is 130 Å². The van der Waals surface area contributed by atoms with Gasteiger partial charge in [0.2, 0.25) is 5.97 Å². The molecular formula is C108H150BN13NaO24. The Bertz CT molecular complexity index is 5900. The molecule has 795 valence electrons. The third-order valence-corrected chi connectivity index (χ3v) is 19.5. The average Bonchev–Trinajstić information content (AvgIpc) is 1.70. The molecular weight excluding hydrogens is 1900 g/mol. The number of esters is 1. The van der Waals surface area contributed by atoms with Gasteiger partial charge in [0, 0.05) is 157 Å². The molecule has 0 saturated heterocycles. The fourth-order valence-electron chi connectivity index (χ4n) is 13.0. The first-order chi connectivity index (χ1) is 67.6. The average molecular weight is 2050 g/mol. The van der Waals surface area contributed by atoms with Gasteiger partial charge >= 0.3 is 89.9 Å². The number of aliphatic carboxylic acids is 2. The van der Waals surface area contributed by atoms with Crippen LogP contribution in [0.25, 0.3) is 54.5 Å². The molecule has 5 unspecified atom stereocenters. The van der Waals surface area contributed by atoms with Crippen molar-refractivity contribution in [3.63, 3.8) is 0 Å². The fraction of sp³-hybridized carbons (Fsp3) is 0.407. The summed E-state index contributed by atoms with van der Waals surface area (Å²) in [6.45, 7) is 35.4. The van der Waals surface area contributed by atoms with E-state index in [0.29, 0.717) is 45.3 Å². The van der Waals surface area contributed by atoms with Crippen molar-refractivity contribution in [2.24, 2.45) is 16.9 Å². The van der Waals surface area contributed by atoms with Gasteiger partial charge in [-0.05, 0) is 206 Å². The normalized spacial score (nSPS) is 11.8. The van der Waals surface area contributed by atoms with Crippen molar-refractivity contribution >= 4 is 135 Å². The Kier molecular flexibility index (Phi) is 57.7. The molecule has 147 heavy (non-hydrogen) atoms. The zero-order valence-electron chi connectivity index (χ0n) is 86.9. The van der Waals surface area contributed by atoms with Crippen LogP contribution in [-0.2, 0) is 122 Å². The van der Waals surface area contributed by atoms with Crippen molar-refractivity contribution in [2.45, 2.75) is 257 Å². The Morgan fingerprint density at radius 3 is 0.939 bits per heavy atom. The smallest absolute Gasteiger partial charge is 0.793 e. The molecule has 12 rings (SSSR count). The number of aromatic nitrogens is 5. The molecule has 0 aliphatic carbocycles. The van der Waals surface area contributed by atoms with E-state index in [-0.39, 0.29) is 81.7 Å². The van der Waals surface area contributed by atoms with Crippen molar-refractivity contribution in [1.29, 1.82) is 0 Å². The largest absolute Gasteiger partial charge is 1.00 e. The number of hydrogen-bond acceptors (Lipinski definition) is 25. The monoisotopic (exact) mass is 2050 g/mol. The van der Waals surface area contributed by atoms with Gasteiger partial charge in [0.25, 0.3) is 0 Å². The molecule has 0 fully saturated rings. The standard InChI is InChI=1S/C23H29N3O2.C16H23N3O2.C16H20N2O4.C16H22N2O3.C16H20N2O3.C7H9N.C6H10O4.C4H6O4.C2H3BO2.2CH4.Na/c1-23(2,3)28-22(27)26-19(16-24-14-17-9-5-4-6-10-17)13-18-15-25-21-12-8-7-11-20(18)21;1-16(2,3)21-15(20)19-12(9-17)8-11-10-18-14-7-5-4-6-13(11)14;1-16(2,3)22-15(21)18-13(14(19)20)8-10-9-17-12-7-5-4-6-11(10)12;2*1-16(2,3)21-15(20)18-12(10-19)8-11-9-17-14-7-5-4-6-13(11)14;8-6-7-4-2-1-3-5-7;1-6(2,4(7)8)5(9)10-3;1-3(5)7-8-4(2)6;1-2(4)5-3;;;/h4-12,15,19,24-25H,13-14,16H2,1-3H3,(H,26,27);4-7,10,12,18H,8-9,17H2,1-3H3,(H,19,20);4-7,9,13,17H,8H2,1-3H3,(H,18,21)(H,19,20);4-7,9,12,17,19H,8,10H2,1-3H3,(H,18,20);4-7,9-10,12,17H,8H2,1-3H3,(H,18,20);1-5H,6,8H2;1-3H3,(H,7,8);1-2H3;1H3;2*1H4;/q;;;;;;;;-1;;;+1. The number of carboxylic acid groups (broad SMARTS) is 2. The second-order valence-corrected chi connectivity index (χ2v) is 38.2. The number of H-pyrrole nitrogens is 5. The predicted octanol–water partition coefficient (Wildman–Crippen LogP) is 14.4. The number of para-hydroxylation sites is 5. The van der Waals surface area contributed by atoms with Crippen LogP contribution < -0.4 is 72.9 Å². The number of amides is 5. The van der Waals surface area contributed by atoms with E-state index >= 15 is 0 Å². The van der Waals surface area contributed by atoms with Crippen molar-refractivity contribution in [3.8, 4) is 0 Å². The van der Waals surface area contributed by atoms with Crippen molar-refractivity contribution < 1.29 is 145 Å². The minimum Gasteiger partial charge on any atom is -0.793 e. The SMILES string of the molecule is C.C.CC(=O)OOC(C)=O.CC(C)(C)OC(=O)NC(C=O)Cc1c[nH]c2ccccc12.CC(C)(C)OC(=O)NC(CN)Cc1c[nH]c2ccccc12.CC(C)(C)OC(=O)NC(CNCc1ccccc1)Cc1c[nH]c2ccccc12.CC(C)(C)OC(=O)NC(CO)Cc1c[nH]c2ccccc12.CC(C)(C)OC(=O)NC(Cc1c[nH]c2ccccc12)C(=O)O.COC(=O)C(C)(C)C(=O)O.NCc1ccccc1.[B-]OC(C)=O.[Na+]. The Morgan fingerprint density at radius 2 is 0.667 bits per heavy atom. The maximum atomic E-state index is 12.3. The van der Waals surface area contributed by atoms with E-state index in [1.54, 1.807) is 68.5 Å². The molecule has 37 nitrogen and oxygen atoms in total. The minimum atomic E-state index is -1.44. The molecule has 3 radical (unpaired) electrons. The van der Waals surface area contributed by atoms with Crippen LogP contribution in [0.5, 0.6) is 0 Å². The maximum absolute atomic E-state index is 12.3. The third kappa shape index (κ3) is 52.6. The number of ether oxygens (including phenoxy) is 6. The first kappa shape index (κ1) is 131. The summed E-state index contributed by atoms with van der Waals surface area (Å²) in [7, 11) is 5.48. The predicted molar refractivity (Wildman–Crippen MR) is 566 cm³/mol. The van der Waals surface area contributed by atoms with Gasteiger partial charge in [-0.25, -0.2) is 48.1 Å². The number of carbonyl (C=O) groups excluding carboxylic acids is 10. The van der Waals surface area contributed by atoms with Crippen LogP contribution in [0.3, 0.4) is 0 Å². The van der Waals surface area contributed by atoms with Gasteiger partial charge in [0.1, 0.15) is 40.3 Å². The number of carbonyl (C=O) groups is 12. The van der Waals surface area contributed by atoms with E-state index in [9.17, 15) is 67.7 Å². The van der Waals surface area contributed by atoms with Crippen molar-refractivity contribution in [1.82, 2.24) is 56.8 Å². The van der Waals surface area contributed by atoms with E-state index in [4.69, 9.17) is 40.3 Å². The van der Waals surface area contributed by atoms with Crippen LogP contribution in [0.4, 0.5) is 24.0 Å². The number of aliphatic hydroxyl groups is 1. The Morgan fingerprint density at radius 1 is 0.388 bits per heavy atom. The second kappa shape index (κ2) is 64.8. The van der Waals surface area contributed by atoms with Crippen LogP contribution in [-0.4, -0.2) is 206 Å². The Balaban J connectivity index is 0.000000854.